The third-order valence-corrected chi connectivity index (χ3v) is 6.22. The minimum atomic E-state index is -0.637. The highest BCUT2D eigenvalue weighted by Crippen LogP contribution is 2.38. The largest absolute Gasteiger partial charge is 0.453 e. The number of benzene rings is 2. The fraction of sp³-hybridized carbons (Fsp3) is 0.0741. The first-order valence-corrected chi connectivity index (χ1v) is 11.9. The van der Waals surface area contributed by atoms with E-state index in [0.29, 0.717) is 32.9 Å². The molecule has 2 amide bonds. The molecule has 3 N–H and O–H groups in total. The van der Waals surface area contributed by atoms with Gasteiger partial charge in [-0.2, -0.15) is 5.11 Å². The maximum atomic E-state index is 14.9. The van der Waals surface area contributed by atoms with Crippen molar-refractivity contribution in [1.29, 1.82) is 5.53 Å². The molecule has 4 aromatic rings. The highest BCUT2D eigenvalue weighted by molar-refractivity contribution is 7.20. The summed E-state index contributed by atoms with van der Waals surface area (Å²) in [6.45, 7) is 9.83. The Morgan fingerprint density at radius 1 is 1.14 bits per heavy atom. The van der Waals surface area contributed by atoms with Gasteiger partial charge in [0, 0.05) is 35.9 Å². The number of nitrogens with zero attached hydrogens (tertiary/aromatic N) is 3. The van der Waals surface area contributed by atoms with Gasteiger partial charge in [0.05, 0.1) is 27.3 Å². The molecule has 2 heterocycles. The van der Waals surface area contributed by atoms with Gasteiger partial charge < -0.3 is 15.4 Å². The lowest BCUT2D eigenvalue weighted by atomic mass is 10.2. The zero-order chi connectivity index (χ0) is 26.4. The summed E-state index contributed by atoms with van der Waals surface area (Å²) < 4.78 is 21.4. The monoisotopic (exact) mass is 514 g/mol. The van der Waals surface area contributed by atoms with Gasteiger partial charge in [0.25, 0.3) is 0 Å². The molecule has 37 heavy (non-hydrogen) atoms. The molecule has 0 radical (unpaired) electrons. The third-order valence-electron chi connectivity index (χ3n) is 5.03. The van der Waals surface area contributed by atoms with Crippen LogP contribution in [-0.2, 0) is 0 Å². The second-order valence-electron chi connectivity index (χ2n) is 8.01. The number of urea groups is 1. The minimum absolute atomic E-state index is 0.000571. The van der Waals surface area contributed by atoms with Crippen molar-refractivity contribution in [3.8, 4) is 11.5 Å². The normalized spacial score (nSPS) is 10.9. The number of aliphatic imine (C=N–C) groups is 1. The Balaban J connectivity index is 1.47. The highest BCUT2D eigenvalue weighted by atomic mass is 32.1. The first kappa shape index (κ1) is 25.4. The van der Waals surface area contributed by atoms with Crippen LogP contribution in [0.2, 0.25) is 0 Å². The quantitative estimate of drug-likeness (QED) is 0.156. The van der Waals surface area contributed by atoms with Crippen molar-refractivity contribution >= 4 is 50.9 Å². The highest BCUT2D eigenvalue weighted by Gasteiger charge is 2.14. The second kappa shape index (κ2) is 11.4. The Kier molecular flexibility index (Phi) is 7.80. The lowest BCUT2D eigenvalue weighted by Gasteiger charge is -2.11. The van der Waals surface area contributed by atoms with Crippen molar-refractivity contribution in [2.45, 2.75) is 6.92 Å². The molecule has 0 atom stereocenters. The van der Waals surface area contributed by atoms with Crippen LogP contribution >= 0.6 is 11.3 Å². The number of carbonyl (C=O) groups is 1. The van der Waals surface area contributed by atoms with Crippen LogP contribution in [0, 0.1) is 18.3 Å². The topological polar surface area (TPSA) is 112 Å². The van der Waals surface area contributed by atoms with Crippen LogP contribution in [0.4, 0.5) is 20.6 Å². The Labute approximate surface area is 216 Å². The summed E-state index contributed by atoms with van der Waals surface area (Å²) in [7, 11) is 0. The van der Waals surface area contributed by atoms with Crippen molar-refractivity contribution in [1.82, 2.24) is 4.98 Å². The van der Waals surface area contributed by atoms with Gasteiger partial charge >= 0.3 is 6.03 Å². The zero-order valence-corrected chi connectivity index (χ0v) is 20.7. The van der Waals surface area contributed by atoms with Crippen molar-refractivity contribution < 1.29 is 13.9 Å². The van der Waals surface area contributed by atoms with Crippen molar-refractivity contribution in [3.63, 3.8) is 0 Å². The number of fused-ring (bicyclic) bond motifs is 1. The van der Waals surface area contributed by atoms with E-state index in [1.54, 1.807) is 24.4 Å². The van der Waals surface area contributed by atoms with E-state index in [0.717, 1.165) is 10.4 Å². The van der Waals surface area contributed by atoms with Crippen molar-refractivity contribution in [2.75, 3.05) is 17.2 Å². The maximum Gasteiger partial charge on any atom is 0.323 e. The molecule has 0 aliphatic heterocycles. The summed E-state index contributed by atoms with van der Waals surface area (Å²) in [4.78, 5) is 21.7. The first-order valence-electron chi connectivity index (χ1n) is 11.1. The number of carbonyl (C=O) groups excluding carboxylic acids is 1. The number of ether oxygens (including phenoxy) is 1. The van der Waals surface area contributed by atoms with Crippen molar-refractivity contribution in [3.05, 3.63) is 95.8 Å². The van der Waals surface area contributed by atoms with E-state index in [1.807, 2.05) is 31.2 Å². The molecule has 0 bridgehead atoms. The molecule has 4 rings (SSSR count). The number of pyridine rings is 1. The van der Waals surface area contributed by atoms with Crippen LogP contribution in [-0.4, -0.2) is 23.8 Å². The van der Waals surface area contributed by atoms with Crippen LogP contribution in [0.15, 0.2) is 89.6 Å². The van der Waals surface area contributed by atoms with E-state index in [2.05, 4.69) is 38.9 Å². The molecule has 0 unspecified atom stereocenters. The molecule has 0 saturated carbocycles. The van der Waals surface area contributed by atoms with Gasteiger partial charge in [-0.15, -0.1) is 11.3 Å². The van der Waals surface area contributed by atoms with Gasteiger partial charge in [0.15, 0.2) is 11.6 Å². The Morgan fingerprint density at radius 2 is 1.92 bits per heavy atom. The smallest absolute Gasteiger partial charge is 0.323 e. The van der Waals surface area contributed by atoms with E-state index in [1.165, 1.54) is 29.7 Å². The number of hydrogen-bond acceptors (Lipinski definition) is 7. The molecule has 0 fully saturated rings. The summed E-state index contributed by atoms with van der Waals surface area (Å²) in [6.07, 6.45) is 3.09. The third kappa shape index (κ3) is 6.50. The van der Waals surface area contributed by atoms with E-state index >= 15 is 0 Å². The lowest BCUT2D eigenvalue weighted by molar-refractivity contribution is 0.262. The van der Waals surface area contributed by atoms with Gasteiger partial charge in [-0.3, -0.25) is 9.98 Å². The van der Waals surface area contributed by atoms with Gasteiger partial charge in [-0.1, -0.05) is 25.3 Å². The molecule has 8 nitrogen and oxygen atoms in total. The van der Waals surface area contributed by atoms with Crippen LogP contribution in [0.25, 0.3) is 15.9 Å². The predicted octanol–water partition coefficient (Wildman–Crippen LogP) is 7.81. The molecule has 10 heteroatoms. The summed E-state index contributed by atoms with van der Waals surface area (Å²) in [5.41, 5.74) is 10.5. The number of halogens is 1. The maximum absolute atomic E-state index is 14.9. The number of aromatic nitrogens is 1. The molecule has 2 aromatic carbocycles. The number of amides is 2. The molecule has 0 aliphatic carbocycles. The Bertz CT molecular complexity index is 1550. The molecule has 0 aliphatic rings. The molecular formula is C27H23FN6O2S. The van der Waals surface area contributed by atoms with Crippen LogP contribution in [0.5, 0.6) is 11.5 Å². The second-order valence-corrected chi connectivity index (χ2v) is 9.06. The van der Waals surface area contributed by atoms with Gasteiger partial charge in [0.1, 0.15) is 5.75 Å². The standard InChI is InChI=1S/C27H23FN6O2S/c1-16-5-4-6-19(11-16)33-27(35)34-20-7-8-23(21(28)12-20)36-24-9-10-30-22-13-25(37-26(22)24)18(3)31-14-17(2)15-32-29/h4-14,29H,2-3,15H2,1H3,(H2,33,34,35). The number of nitrogens with one attached hydrogen (secondary N) is 3. The van der Waals surface area contributed by atoms with Gasteiger partial charge in [0.2, 0.25) is 0 Å². The number of rotatable bonds is 9. The number of anilines is 2. The van der Waals surface area contributed by atoms with Crippen molar-refractivity contribution in [2.24, 2.45) is 10.1 Å². The number of aryl methyl sites for hydroxylation is 1. The summed E-state index contributed by atoms with van der Waals surface area (Å²) >= 11 is 1.36. The van der Waals surface area contributed by atoms with Gasteiger partial charge in [-0.25, -0.2) is 14.7 Å². The zero-order valence-electron chi connectivity index (χ0n) is 19.9. The average molecular weight is 515 g/mol. The first-order chi connectivity index (χ1) is 17.8. The van der Waals surface area contributed by atoms with Gasteiger partial charge in [-0.05, 0) is 48.4 Å². The number of hydrogen-bond donors (Lipinski definition) is 3. The van der Waals surface area contributed by atoms with Crippen LogP contribution in [0.3, 0.4) is 0 Å². The van der Waals surface area contributed by atoms with E-state index < -0.39 is 11.8 Å². The molecule has 2 aromatic heterocycles. The van der Waals surface area contributed by atoms with E-state index in [4.69, 9.17) is 10.3 Å². The Morgan fingerprint density at radius 3 is 2.65 bits per heavy atom. The molecule has 0 saturated heterocycles. The predicted molar refractivity (Wildman–Crippen MR) is 147 cm³/mol. The fourth-order valence-electron chi connectivity index (χ4n) is 3.31. The summed E-state index contributed by atoms with van der Waals surface area (Å²) in [6, 6.07) is 14.5. The van der Waals surface area contributed by atoms with Crippen LogP contribution < -0.4 is 15.4 Å². The molecular weight excluding hydrogens is 491 g/mol. The van der Waals surface area contributed by atoms with E-state index in [9.17, 15) is 9.18 Å². The van der Waals surface area contributed by atoms with E-state index in [-0.39, 0.29) is 18.0 Å². The van der Waals surface area contributed by atoms with Crippen LogP contribution in [0.1, 0.15) is 10.4 Å². The molecule has 0 spiro atoms. The minimum Gasteiger partial charge on any atom is -0.453 e. The summed E-state index contributed by atoms with van der Waals surface area (Å²) in [5.74, 6) is -0.214. The number of thiophene rings is 1. The summed E-state index contributed by atoms with van der Waals surface area (Å²) in [5, 5.41) is 8.60. The molecule has 186 valence electrons. The Hall–Kier alpha value is -4.70. The lowest BCUT2D eigenvalue weighted by Crippen LogP contribution is -2.19. The SMILES string of the molecule is C=C(C=NC(=C)c1cc2nccc(Oc3ccc(NC(=O)Nc4cccc(C)c4)cc3F)c2s1)CN=N. The average Bonchev–Trinajstić information content (AvgIpc) is 3.30. The fourth-order valence-corrected chi connectivity index (χ4v) is 4.30.